The van der Waals surface area contributed by atoms with E-state index >= 15 is 0 Å². The van der Waals surface area contributed by atoms with Gasteiger partial charge in [-0.15, -0.1) is 0 Å². The van der Waals surface area contributed by atoms with Crippen molar-refractivity contribution in [2.45, 2.75) is 0 Å². The van der Waals surface area contributed by atoms with E-state index in [1.54, 1.807) is 6.08 Å². The van der Waals surface area contributed by atoms with E-state index in [2.05, 4.69) is 9.98 Å². The summed E-state index contributed by atoms with van der Waals surface area (Å²) in [5, 5.41) is 0. The molecule has 3 aliphatic heterocycles. The standard InChI is InChI=1S/C18H15N3O8/c1-26-15(22)10-12(17(24)28-3)19-8-6-5-7-9-20-13(18(25)29-4)11(16(23)27-2)14(10)21(8)9/h5-7H,1-4H3. The lowest BCUT2D eigenvalue weighted by atomic mass is 9.95. The molecule has 0 radical (unpaired) electrons. The molecule has 3 heterocycles. The number of ether oxygens (including phenoxy) is 4. The van der Waals surface area contributed by atoms with Gasteiger partial charge in [0.25, 0.3) is 0 Å². The Morgan fingerprint density at radius 2 is 1.38 bits per heavy atom. The average molecular weight is 401 g/mol. The summed E-state index contributed by atoms with van der Waals surface area (Å²) >= 11 is 0. The Hall–Kier alpha value is -4.02. The van der Waals surface area contributed by atoms with Crippen LogP contribution in [0.25, 0.3) is 0 Å². The van der Waals surface area contributed by atoms with E-state index in [-0.39, 0.29) is 28.5 Å². The van der Waals surface area contributed by atoms with E-state index in [0.29, 0.717) is 0 Å². The van der Waals surface area contributed by atoms with Crippen molar-refractivity contribution < 1.29 is 38.1 Å². The highest BCUT2D eigenvalue weighted by molar-refractivity contribution is 6.50. The van der Waals surface area contributed by atoms with E-state index < -0.39 is 35.3 Å². The molecule has 3 rings (SSSR count). The highest BCUT2D eigenvalue weighted by Crippen LogP contribution is 2.38. The quantitative estimate of drug-likeness (QED) is 0.462. The third kappa shape index (κ3) is 3.02. The summed E-state index contributed by atoms with van der Waals surface area (Å²) in [5.41, 5.74) is -1.74. The lowest BCUT2D eigenvalue weighted by Gasteiger charge is -2.36. The number of esters is 4. The second-order valence-electron chi connectivity index (χ2n) is 5.56. The number of carbonyl (C=O) groups excluding carboxylic acids is 4. The number of amidine groups is 1. The number of hydrogen-bond donors (Lipinski definition) is 0. The number of nitrogens with zero attached hydrogens (tertiary/aromatic N) is 3. The summed E-state index contributed by atoms with van der Waals surface area (Å²) in [5.74, 6) is -3.52. The van der Waals surface area contributed by atoms with Gasteiger partial charge in [-0.05, 0) is 12.2 Å². The van der Waals surface area contributed by atoms with Crippen molar-refractivity contribution in [3.8, 4) is 0 Å². The third-order valence-corrected chi connectivity index (χ3v) is 4.11. The topological polar surface area (TPSA) is 133 Å². The van der Waals surface area contributed by atoms with E-state index in [1.165, 1.54) is 17.1 Å². The van der Waals surface area contributed by atoms with Crippen molar-refractivity contribution in [3.05, 3.63) is 46.6 Å². The van der Waals surface area contributed by atoms with E-state index in [1.807, 2.05) is 0 Å². The minimum Gasteiger partial charge on any atom is -0.465 e. The molecule has 0 spiro atoms. The molecule has 3 aliphatic rings. The average Bonchev–Trinajstić information content (AvgIpc) is 2.76. The number of aliphatic imine (C=N–C) groups is 2. The lowest BCUT2D eigenvalue weighted by molar-refractivity contribution is -0.139. The summed E-state index contributed by atoms with van der Waals surface area (Å²) in [7, 11) is 4.40. The molecular formula is C18H15N3O8. The van der Waals surface area contributed by atoms with Crippen LogP contribution in [0.4, 0.5) is 0 Å². The first-order chi connectivity index (χ1) is 13.9. The van der Waals surface area contributed by atoms with Crippen LogP contribution in [0, 0.1) is 0 Å². The second-order valence-corrected chi connectivity index (χ2v) is 5.56. The monoisotopic (exact) mass is 401 g/mol. The fraction of sp³-hybridized carbons (Fsp3) is 0.222. The molecule has 11 heteroatoms. The van der Waals surface area contributed by atoms with Gasteiger partial charge in [0.05, 0.1) is 34.1 Å². The number of rotatable bonds is 4. The van der Waals surface area contributed by atoms with Gasteiger partial charge in [0.2, 0.25) is 0 Å². The molecule has 0 unspecified atom stereocenters. The van der Waals surface area contributed by atoms with Gasteiger partial charge in [-0.25, -0.2) is 29.2 Å². The fourth-order valence-electron chi connectivity index (χ4n) is 2.88. The number of allylic oxidation sites excluding steroid dienone is 2. The Morgan fingerprint density at radius 1 is 0.793 bits per heavy atom. The van der Waals surface area contributed by atoms with Crippen molar-refractivity contribution in [2.75, 3.05) is 28.4 Å². The molecule has 0 aromatic heterocycles. The van der Waals surface area contributed by atoms with Crippen LogP contribution in [0.3, 0.4) is 0 Å². The van der Waals surface area contributed by atoms with Crippen LogP contribution in [0.15, 0.2) is 56.6 Å². The molecule has 0 atom stereocenters. The van der Waals surface area contributed by atoms with E-state index in [4.69, 9.17) is 18.9 Å². The van der Waals surface area contributed by atoms with Gasteiger partial charge in [-0.2, -0.15) is 0 Å². The van der Waals surface area contributed by atoms with E-state index in [0.717, 1.165) is 28.4 Å². The fourth-order valence-corrected chi connectivity index (χ4v) is 2.88. The van der Waals surface area contributed by atoms with Gasteiger partial charge in [0.15, 0.2) is 11.4 Å². The molecule has 0 aromatic carbocycles. The molecule has 0 bridgehead atoms. The zero-order valence-electron chi connectivity index (χ0n) is 15.8. The molecule has 0 fully saturated rings. The van der Waals surface area contributed by atoms with Crippen LogP contribution in [0.2, 0.25) is 0 Å². The Kier molecular flexibility index (Phi) is 5.13. The summed E-state index contributed by atoms with van der Waals surface area (Å²) in [4.78, 5) is 59.6. The first kappa shape index (κ1) is 19.7. The maximum absolute atomic E-state index is 12.6. The first-order valence-corrected chi connectivity index (χ1v) is 8.08. The van der Waals surface area contributed by atoms with Crippen LogP contribution >= 0.6 is 0 Å². The molecule has 11 nitrogen and oxygen atoms in total. The molecule has 0 aliphatic carbocycles. The van der Waals surface area contributed by atoms with Gasteiger partial charge in [0, 0.05) is 0 Å². The smallest absolute Gasteiger partial charge is 0.357 e. The lowest BCUT2D eigenvalue weighted by Crippen LogP contribution is -2.43. The van der Waals surface area contributed by atoms with Crippen molar-refractivity contribution in [1.29, 1.82) is 0 Å². The van der Waals surface area contributed by atoms with Crippen molar-refractivity contribution >= 4 is 35.4 Å². The van der Waals surface area contributed by atoms with Gasteiger partial charge < -0.3 is 18.9 Å². The van der Waals surface area contributed by atoms with Gasteiger partial charge in [-0.3, -0.25) is 4.90 Å². The molecule has 0 N–H and O–H groups in total. The van der Waals surface area contributed by atoms with Crippen molar-refractivity contribution in [3.63, 3.8) is 0 Å². The Bertz CT molecular complexity index is 1030. The zero-order valence-corrected chi connectivity index (χ0v) is 15.8. The van der Waals surface area contributed by atoms with E-state index in [9.17, 15) is 19.2 Å². The highest BCUT2D eigenvalue weighted by atomic mass is 16.5. The SMILES string of the molecule is COC(=O)C1=NC2=CC=CC3=NC(C(=O)OC)=C(C(=O)OC)C(=C1C(=O)OC)N23. The Morgan fingerprint density at radius 3 is 1.97 bits per heavy atom. The normalized spacial score (nSPS) is 17.0. The maximum Gasteiger partial charge on any atom is 0.357 e. The van der Waals surface area contributed by atoms with Crippen LogP contribution in [-0.4, -0.2) is 68.8 Å². The molecule has 150 valence electrons. The minimum atomic E-state index is -0.982. The maximum atomic E-state index is 12.6. The summed E-state index contributed by atoms with van der Waals surface area (Å²) < 4.78 is 19.0. The highest BCUT2D eigenvalue weighted by Gasteiger charge is 2.45. The zero-order chi connectivity index (χ0) is 21.3. The molecule has 0 amide bonds. The van der Waals surface area contributed by atoms with Gasteiger partial charge in [-0.1, -0.05) is 6.08 Å². The minimum absolute atomic E-state index is 0.153. The molecule has 0 aromatic rings. The van der Waals surface area contributed by atoms with Crippen LogP contribution < -0.4 is 0 Å². The predicted molar refractivity (Wildman–Crippen MR) is 96.0 cm³/mol. The Balaban J connectivity index is 2.47. The largest absolute Gasteiger partial charge is 0.465 e. The molecule has 0 saturated heterocycles. The number of carbonyl (C=O) groups is 4. The molecule has 29 heavy (non-hydrogen) atoms. The number of hydrogen-bond acceptors (Lipinski definition) is 11. The first-order valence-electron chi connectivity index (χ1n) is 8.08. The third-order valence-electron chi connectivity index (χ3n) is 4.11. The van der Waals surface area contributed by atoms with Gasteiger partial charge >= 0.3 is 23.9 Å². The number of methoxy groups -OCH3 is 4. The molecular weight excluding hydrogens is 386 g/mol. The van der Waals surface area contributed by atoms with Crippen molar-refractivity contribution in [1.82, 2.24) is 4.90 Å². The van der Waals surface area contributed by atoms with Crippen LogP contribution in [0.1, 0.15) is 0 Å². The predicted octanol–water partition coefficient (Wildman–Crippen LogP) is -0.234. The summed E-state index contributed by atoms with van der Waals surface area (Å²) in [6.07, 6.45) is 4.62. The van der Waals surface area contributed by atoms with Crippen LogP contribution in [0.5, 0.6) is 0 Å². The molecule has 0 saturated carbocycles. The second kappa shape index (κ2) is 7.54. The van der Waals surface area contributed by atoms with Crippen molar-refractivity contribution in [2.24, 2.45) is 9.98 Å². The summed E-state index contributed by atoms with van der Waals surface area (Å²) in [6, 6.07) is 0. The van der Waals surface area contributed by atoms with Crippen LogP contribution in [-0.2, 0) is 38.1 Å². The Labute approximate surface area is 164 Å². The van der Waals surface area contributed by atoms with Gasteiger partial charge in [0.1, 0.15) is 22.8 Å². The summed E-state index contributed by atoms with van der Waals surface area (Å²) in [6.45, 7) is 0.